The van der Waals surface area contributed by atoms with Crippen molar-refractivity contribution in [1.29, 1.82) is 0 Å². The molecule has 0 fully saturated rings. The fraction of sp³-hybridized carbons (Fsp3) is 0.176. The number of carbonyl (C=O) groups is 1. The van der Waals surface area contributed by atoms with Gasteiger partial charge in [-0.05, 0) is 24.6 Å². The third-order valence-corrected chi connectivity index (χ3v) is 4.92. The molecular formula is C17H11Cl3F3N3O. The van der Waals surface area contributed by atoms with Crippen molar-refractivity contribution < 1.29 is 18.0 Å². The number of aromatic nitrogens is 2. The summed E-state index contributed by atoms with van der Waals surface area (Å²) in [5, 5.41) is 2.69. The highest BCUT2D eigenvalue weighted by atomic mass is 35.5. The Hall–Kier alpha value is -1.96. The zero-order valence-electron chi connectivity index (χ0n) is 13.7. The zero-order valence-corrected chi connectivity index (χ0v) is 15.9. The zero-order chi connectivity index (χ0) is 19.9. The van der Waals surface area contributed by atoms with Gasteiger partial charge >= 0.3 is 6.18 Å². The average Bonchev–Trinajstić information content (AvgIpc) is 2.97. The summed E-state index contributed by atoms with van der Waals surface area (Å²) in [6.07, 6.45) is -3.52. The Balaban J connectivity index is 2.15. The molecule has 1 aromatic carbocycles. The number of halogens is 6. The summed E-state index contributed by atoms with van der Waals surface area (Å²) in [6.45, 7) is 1.73. The van der Waals surface area contributed by atoms with Crippen molar-refractivity contribution in [3.05, 3.63) is 62.5 Å². The van der Waals surface area contributed by atoms with Crippen LogP contribution in [-0.4, -0.2) is 15.3 Å². The number of benzene rings is 1. The highest BCUT2D eigenvalue weighted by Gasteiger charge is 2.33. The van der Waals surface area contributed by atoms with Crippen LogP contribution >= 0.6 is 34.8 Å². The standard InChI is InChI=1S/C17H11Cl3F3N3O/c1-2-11-14(16(27)25-12-5-3-4-9(18)13(12)20)26-7-8(17(21,22)23)6-10(19)15(26)24-11/h3-7H,2H2,1H3,(H,25,27). The second-order valence-corrected chi connectivity index (χ2v) is 6.78. The van der Waals surface area contributed by atoms with Crippen LogP contribution in [0.15, 0.2) is 30.5 Å². The molecule has 10 heteroatoms. The van der Waals surface area contributed by atoms with Crippen molar-refractivity contribution in [2.75, 3.05) is 5.32 Å². The lowest BCUT2D eigenvalue weighted by molar-refractivity contribution is -0.137. The molecular weight excluding hydrogens is 426 g/mol. The van der Waals surface area contributed by atoms with Crippen molar-refractivity contribution in [1.82, 2.24) is 9.38 Å². The number of rotatable bonds is 3. The van der Waals surface area contributed by atoms with Crippen LogP contribution in [-0.2, 0) is 12.6 Å². The molecule has 1 amide bonds. The molecule has 1 N–H and O–H groups in total. The van der Waals surface area contributed by atoms with Gasteiger partial charge in [0.15, 0.2) is 5.65 Å². The lowest BCUT2D eigenvalue weighted by Crippen LogP contribution is -2.17. The maximum Gasteiger partial charge on any atom is 0.417 e. The number of carbonyl (C=O) groups excluding carboxylic acids is 1. The molecule has 0 unspecified atom stereocenters. The van der Waals surface area contributed by atoms with Crippen LogP contribution in [0.25, 0.3) is 5.65 Å². The van der Waals surface area contributed by atoms with Crippen LogP contribution in [0.3, 0.4) is 0 Å². The minimum Gasteiger partial charge on any atom is -0.319 e. The van der Waals surface area contributed by atoms with Crippen molar-refractivity contribution in [2.45, 2.75) is 19.5 Å². The van der Waals surface area contributed by atoms with Gasteiger partial charge in [0.25, 0.3) is 5.91 Å². The van der Waals surface area contributed by atoms with Gasteiger partial charge in [-0.25, -0.2) is 4.98 Å². The maximum absolute atomic E-state index is 13.1. The van der Waals surface area contributed by atoms with Gasteiger partial charge in [-0.2, -0.15) is 13.2 Å². The van der Waals surface area contributed by atoms with E-state index in [1.165, 1.54) is 6.07 Å². The highest BCUT2D eigenvalue weighted by molar-refractivity contribution is 6.44. The van der Waals surface area contributed by atoms with Gasteiger partial charge in [0, 0.05) is 6.20 Å². The summed E-state index contributed by atoms with van der Waals surface area (Å²) in [6, 6.07) is 5.42. The Kier molecular flexibility index (Phi) is 5.29. The van der Waals surface area contributed by atoms with Crippen LogP contribution in [0.5, 0.6) is 0 Å². The summed E-state index contributed by atoms with van der Waals surface area (Å²) in [4.78, 5) is 17.0. The Morgan fingerprint density at radius 3 is 2.56 bits per heavy atom. The number of fused-ring (bicyclic) bond motifs is 1. The minimum atomic E-state index is -4.63. The smallest absolute Gasteiger partial charge is 0.319 e. The molecule has 0 atom stereocenters. The Bertz CT molecular complexity index is 1050. The number of nitrogens with one attached hydrogen (secondary N) is 1. The Labute approximate surface area is 166 Å². The van der Waals surface area contributed by atoms with Crippen LogP contribution in [0.1, 0.15) is 28.7 Å². The molecule has 4 nitrogen and oxygen atoms in total. The highest BCUT2D eigenvalue weighted by Crippen LogP contribution is 2.34. The monoisotopic (exact) mass is 435 g/mol. The first-order valence-electron chi connectivity index (χ1n) is 7.66. The Morgan fingerprint density at radius 2 is 1.93 bits per heavy atom. The molecule has 0 radical (unpaired) electrons. The first-order chi connectivity index (χ1) is 12.6. The fourth-order valence-corrected chi connectivity index (χ4v) is 3.17. The van der Waals surface area contributed by atoms with E-state index in [4.69, 9.17) is 34.8 Å². The molecule has 142 valence electrons. The van der Waals surface area contributed by atoms with Crippen LogP contribution < -0.4 is 5.32 Å². The van der Waals surface area contributed by atoms with E-state index in [0.717, 1.165) is 16.7 Å². The topological polar surface area (TPSA) is 46.4 Å². The maximum atomic E-state index is 13.1. The fourth-order valence-electron chi connectivity index (χ4n) is 2.58. The number of amides is 1. The van der Waals surface area contributed by atoms with Gasteiger partial charge in [-0.1, -0.05) is 47.8 Å². The second kappa shape index (κ2) is 7.22. The van der Waals surface area contributed by atoms with Gasteiger partial charge < -0.3 is 5.32 Å². The van der Waals surface area contributed by atoms with Crippen LogP contribution in [0.4, 0.5) is 18.9 Å². The molecule has 0 aliphatic heterocycles. The SMILES string of the molecule is CCc1nc2c(Cl)cc(C(F)(F)F)cn2c1C(=O)Nc1cccc(Cl)c1Cl. The molecule has 0 spiro atoms. The lowest BCUT2D eigenvalue weighted by atomic mass is 10.2. The quantitative estimate of drug-likeness (QED) is 0.537. The third kappa shape index (κ3) is 3.72. The Morgan fingerprint density at radius 1 is 1.22 bits per heavy atom. The van der Waals surface area contributed by atoms with Gasteiger partial charge in [-0.15, -0.1) is 0 Å². The number of aryl methyl sites for hydroxylation is 1. The number of imidazole rings is 1. The lowest BCUT2D eigenvalue weighted by Gasteiger charge is -2.11. The van der Waals surface area contributed by atoms with Gasteiger partial charge in [-0.3, -0.25) is 9.20 Å². The summed E-state index contributed by atoms with van der Waals surface area (Å²) < 4.78 is 40.4. The van der Waals surface area contributed by atoms with Gasteiger partial charge in [0.2, 0.25) is 0 Å². The van der Waals surface area contributed by atoms with E-state index in [0.29, 0.717) is 12.1 Å². The van der Waals surface area contributed by atoms with E-state index < -0.39 is 17.6 Å². The molecule has 0 saturated heterocycles. The van der Waals surface area contributed by atoms with Gasteiger partial charge in [0.05, 0.1) is 32.0 Å². The number of anilines is 1. The van der Waals surface area contributed by atoms with Crippen molar-refractivity contribution >= 4 is 52.0 Å². The van der Waals surface area contributed by atoms with Crippen molar-refractivity contribution in [3.63, 3.8) is 0 Å². The molecule has 0 bridgehead atoms. The molecule has 3 rings (SSSR count). The summed E-state index contributed by atoms with van der Waals surface area (Å²) in [7, 11) is 0. The molecule has 3 aromatic rings. The first kappa shape index (κ1) is 19.8. The van der Waals surface area contributed by atoms with E-state index in [1.807, 2.05) is 0 Å². The largest absolute Gasteiger partial charge is 0.417 e. The van der Waals surface area contributed by atoms with E-state index in [2.05, 4.69) is 10.3 Å². The second-order valence-electron chi connectivity index (χ2n) is 5.58. The van der Waals surface area contributed by atoms with E-state index >= 15 is 0 Å². The predicted molar refractivity (Wildman–Crippen MR) is 99.0 cm³/mol. The number of hydrogen-bond donors (Lipinski definition) is 1. The average molecular weight is 437 g/mol. The number of pyridine rings is 1. The predicted octanol–water partition coefficient (Wildman–Crippen LogP) is 6.13. The molecule has 2 heterocycles. The normalized spacial score (nSPS) is 11.8. The molecule has 0 saturated carbocycles. The number of alkyl halides is 3. The first-order valence-corrected chi connectivity index (χ1v) is 8.80. The molecule has 27 heavy (non-hydrogen) atoms. The van der Waals surface area contributed by atoms with Crippen LogP contribution in [0, 0.1) is 0 Å². The summed E-state index contributed by atoms with van der Waals surface area (Å²) in [5.41, 5.74) is -0.466. The number of hydrogen-bond acceptors (Lipinski definition) is 2. The van der Waals surface area contributed by atoms with Crippen LogP contribution in [0.2, 0.25) is 15.1 Å². The minimum absolute atomic E-state index is 0.0588. The summed E-state index contributed by atoms with van der Waals surface area (Å²) >= 11 is 18.0. The van der Waals surface area contributed by atoms with Crippen molar-refractivity contribution in [3.8, 4) is 0 Å². The molecule has 0 aliphatic carbocycles. The van der Waals surface area contributed by atoms with E-state index in [-0.39, 0.29) is 32.1 Å². The van der Waals surface area contributed by atoms with E-state index in [1.54, 1.807) is 19.1 Å². The molecule has 2 aromatic heterocycles. The van der Waals surface area contributed by atoms with Crippen molar-refractivity contribution in [2.24, 2.45) is 0 Å². The molecule has 0 aliphatic rings. The van der Waals surface area contributed by atoms with E-state index in [9.17, 15) is 18.0 Å². The third-order valence-electron chi connectivity index (χ3n) is 3.82. The number of nitrogens with zero attached hydrogens (tertiary/aromatic N) is 2. The van der Waals surface area contributed by atoms with Gasteiger partial charge in [0.1, 0.15) is 5.69 Å². The summed E-state index contributed by atoms with van der Waals surface area (Å²) in [5.74, 6) is -0.682.